The van der Waals surface area contributed by atoms with Crippen LogP contribution in [0.15, 0.2) is 18.2 Å². The molecular weight excluding hydrogens is 174 g/mol. The molecule has 0 unspecified atom stereocenters. The van der Waals surface area contributed by atoms with E-state index >= 15 is 0 Å². The van der Waals surface area contributed by atoms with Crippen molar-refractivity contribution >= 4 is 16.7 Å². The number of aryl methyl sites for hydroxylation is 1. The van der Waals surface area contributed by atoms with Crippen molar-refractivity contribution in [2.24, 2.45) is 0 Å². The highest BCUT2D eigenvalue weighted by Crippen LogP contribution is 2.13. The van der Waals surface area contributed by atoms with E-state index in [2.05, 4.69) is 9.97 Å². The Morgan fingerprint density at radius 3 is 2.83 bits per heavy atom. The molecule has 12 heavy (non-hydrogen) atoms. The topological polar surface area (TPSA) is 56.0 Å². The summed E-state index contributed by atoms with van der Waals surface area (Å²) in [5.41, 5.74) is 8.55. The summed E-state index contributed by atoms with van der Waals surface area (Å²) < 4.78 is 0. The fourth-order valence-electron chi connectivity index (χ4n) is 1.23. The van der Waals surface area contributed by atoms with Crippen molar-refractivity contribution in [2.45, 2.75) is 6.92 Å². The lowest BCUT2D eigenvalue weighted by Gasteiger charge is -1.86. The summed E-state index contributed by atoms with van der Waals surface area (Å²) in [5, 5.41) is 0. The van der Waals surface area contributed by atoms with Crippen LogP contribution in [0.4, 0.5) is 5.69 Å². The number of hydrogen-bond acceptors (Lipinski definition) is 1. The van der Waals surface area contributed by atoms with Crippen molar-refractivity contribution in [3.63, 3.8) is 0 Å². The lowest BCUT2D eigenvalue weighted by atomic mass is 10.3. The van der Waals surface area contributed by atoms with Crippen LogP contribution in [0.25, 0.3) is 11.0 Å². The number of benzene rings is 1. The number of rotatable bonds is 0. The van der Waals surface area contributed by atoms with Gasteiger partial charge in [0.05, 0.1) is 5.69 Å². The van der Waals surface area contributed by atoms with Gasteiger partial charge in [0, 0.05) is 6.92 Å². The molecule has 0 aliphatic rings. The van der Waals surface area contributed by atoms with Gasteiger partial charge in [-0.25, -0.2) is 9.97 Å². The summed E-state index contributed by atoms with van der Waals surface area (Å²) in [6.45, 7) is 1.97. The fourth-order valence-corrected chi connectivity index (χ4v) is 1.23. The van der Waals surface area contributed by atoms with Gasteiger partial charge < -0.3 is 18.1 Å². The molecule has 0 atom stereocenters. The van der Waals surface area contributed by atoms with Crippen LogP contribution in [-0.4, -0.2) is 4.98 Å². The van der Waals surface area contributed by atoms with Gasteiger partial charge in [-0.05, 0) is 12.1 Å². The van der Waals surface area contributed by atoms with Crippen LogP contribution in [0.5, 0.6) is 0 Å². The maximum absolute atomic E-state index is 5.72. The number of nitrogen functional groups attached to an aromatic ring is 1. The minimum Gasteiger partial charge on any atom is -1.00 e. The van der Waals surface area contributed by atoms with E-state index < -0.39 is 0 Å². The average molecular weight is 184 g/mol. The molecule has 2 rings (SSSR count). The van der Waals surface area contributed by atoms with Crippen LogP contribution in [0, 0.1) is 6.92 Å². The number of hydrogen-bond donors (Lipinski definition) is 2. The van der Waals surface area contributed by atoms with Gasteiger partial charge in [-0.3, -0.25) is 0 Å². The third kappa shape index (κ3) is 1.23. The van der Waals surface area contributed by atoms with Gasteiger partial charge >= 0.3 is 0 Å². The Morgan fingerprint density at radius 2 is 2.17 bits per heavy atom. The Morgan fingerprint density at radius 1 is 1.42 bits per heavy atom. The van der Waals surface area contributed by atoms with Gasteiger partial charge in [-0.15, -0.1) is 0 Å². The summed E-state index contributed by atoms with van der Waals surface area (Å²) >= 11 is 0. The molecule has 0 saturated carbocycles. The number of nitrogens with one attached hydrogen (secondary N) is 2. The first-order valence-electron chi connectivity index (χ1n) is 3.53. The third-order valence-electron chi connectivity index (χ3n) is 1.73. The van der Waals surface area contributed by atoms with Crippen molar-refractivity contribution in [3.8, 4) is 0 Å². The molecule has 0 aliphatic heterocycles. The van der Waals surface area contributed by atoms with E-state index in [1.54, 1.807) is 0 Å². The monoisotopic (exact) mass is 183 g/mol. The molecule has 0 spiro atoms. The highest BCUT2D eigenvalue weighted by Gasteiger charge is 2.06. The number of fused-ring (bicyclic) bond motifs is 1. The zero-order chi connectivity index (χ0) is 7.84. The highest BCUT2D eigenvalue weighted by molar-refractivity contribution is 5.83. The predicted octanol–water partition coefficient (Wildman–Crippen LogP) is -2.12. The molecule has 2 aromatic rings. The number of nitrogens with two attached hydrogens (primary N) is 1. The SMILES string of the molecule is Cc1[nH]c2cccc(N)c2[nH+]1.[Cl-]. The van der Waals surface area contributed by atoms with E-state index in [9.17, 15) is 0 Å². The van der Waals surface area contributed by atoms with Gasteiger partial charge in [0.1, 0.15) is 0 Å². The lowest BCUT2D eigenvalue weighted by molar-refractivity contribution is -0.354. The smallest absolute Gasteiger partial charge is 0.249 e. The first-order valence-corrected chi connectivity index (χ1v) is 3.53. The second-order valence-electron chi connectivity index (χ2n) is 2.64. The zero-order valence-corrected chi connectivity index (χ0v) is 7.44. The zero-order valence-electron chi connectivity index (χ0n) is 6.69. The van der Waals surface area contributed by atoms with E-state index in [4.69, 9.17) is 5.73 Å². The van der Waals surface area contributed by atoms with Crippen LogP contribution >= 0.6 is 0 Å². The van der Waals surface area contributed by atoms with E-state index in [-0.39, 0.29) is 12.4 Å². The molecule has 4 N–H and O–H groups in total. The highest BCUT2D eigenvalue weighted by atomic mass is 35.5. The third-order valence-corrected chi connectivity index (χ3v) is 1.73. The molecule has 3 nitrogen and oxygen atoms in total. The van der Waals surface area contributed by atoms with Gasteiger partial charge in [0.2, 0.25) is 5.82 Å². The van der Waals surface area contributed by atoms with Crippen LogP contribution < -0.4 is 23.1 Å². The predicted molar refractivity (Wildman–Crippen MR) is 44.0 cm³/mol. The van der Waals surface area contributed by atoms with Crippen molar-refractivity contribution in [1.82, 2.24) is 4.98 Å². The van der Waals surface area contributed by atoms with Crippen molar-refractivity contribution in [3.05, 3.63) is 24.0 Å². The normalized spacial score (nSPS) is 9.75. The number of halogens is 1. The first-order chi connectivity index (χ1) is 5.27. The second kappa shape index (κ2) is 3.03. The molecule has 1 heterocycles. The second-order valence-corrected chi connectivity index (χ2v) is 2.64. The summed E-state index contributed by atoms with van der Waals surface area (Å²) in [6, 6.07) is 5.81. The Kier molecular flexibility index (Phi) is 2.24. The summed E-state index contributed by atoms with van der Waals surface area (Å²) in [7, 11) is 0. The van der Waals surface area contributed by atoms with Gasteiger partial charge in [-0.2, -0.15) is 0 Å². The van der Waals surface area contributed by atoms with E-state index in [1.807, 2.05) is 25.1 Å². The molecule has 1 aromatic carbocycles. The molecule has 4 heteroatoms. The number of anilines is 1. The van der Waals surface area contributed by atoms with E-state index in [1.165, 1.54) is 0 Å². The quantitative estimate of drug-likeness (QED) is 0.451. The Hall–Kier alpha value is -1.22. The Bertz CT molecular complexity index is 394. The Balaban J connectivity index is 0.000000720. The van der Waals surface area contributed by atoms with Crippen LogP contribution in [0.1, 0.15) is 5.82 Å². The van der Waals surface area contributed by atoms with Crippen LogP contribution in [0.3, 0.4) is 0 Å². The molecule has 0 amide bonds. The van der Waals surface area contributed by atoms with Crippen molar-refractivity contribution in [1.29, 1.82) is 0 Å². The first kappa shape index (κ1) is 8.87. The number of H-pyrrole nitrogens is 2. The molecule has 64 valence electrons. The van der Waals surface area contributed by atoms with Crippen molar-refractivity contribution < 1.29 is 17.4 Å². The van der Waals surface area contributed by atoms with Crippen LogP contribution in [0.2, 0.25) is 0 Å². The van der Waals surface area contributed by atoms with Gasteiger partial charge in [-0.1, -0.05) is 6.07 Å². The molecule has 1 aromatic heterocycles. The average Bonchev–Trinajstić information content (AvgIpc) is 2.31. The molecule has 0 aliphatic carbocycles. The molecule has 0 fully saturated rings. The van der Waals surface area contributed by atoms with E-state index in [0.717, 1.165) is 22.5 Å². The van der Waals surface area contributed by atoms with Crippen molar-refractivity contribution in [2.75, 3.05) is 5.73 Å². The number of aromatic amines is 2. The summed E-state index contributed by atoms with van der Waals surface area (Å²) in [6.07, 6.45) is 0. The maximum Gasteiger partial charge on any atom is 0.249 e. The van der Waals surface area contributed by atoms with Gasteiger partial charge in [0.15, 0.2) is 11.0 Å². The number of aromatic nitrogens is 2. The summed E-state index contributed by atoms with van der Waals surface area (Å²) in [5.74, 6) is 1.03. The molecular formula is C8H10ClN3. The minimum absolute atomic E-state index is 0. The molecule has 0 saturated heterocycles. The van der Waals surface area contributed by atoms with E-state index in [0.29, 0.717) is 0 Å². The minimum atomic E-state index is 0. The van der Waals surface area contributed by atoms with Gasteiger partial charge in [0.25, 0.3) is 0 Å². The molecule has 0 bridgehead atoms. The number of para-hydroxylation sites is 1. The Labute approximate surface area is 76.4 Å². The maximum atomic E-state index is 5.72. The van der Waals surface area contributed by atoms with Crippen LogP contribution in [-0.2, 0) is 0 Å². The summed E-state index contributed by atoms with van der Waals surface area (Å²) in [4.78, 5) is 6.31. The number of imidazole rings is 1. The molecule has 0 radical (unpaired) electrons. The largest absolute Gasteiger partial charge is 1.00 e. The standard InChI is InChI=1S/C8H9N3.ClH/c1-5-10-7-4-2-3-6(9)8(7)11-5;/h2-4H,9H2,1H3,(H,10,11);1H. The lowest BCUT2D eigenvalue weighted by Crippen LogP contribution is -3.00. The fraction of sp³-hybridized carbons (Fsp3) is 0.125.